The highest BCUT2D eigenvalue weighted by molar-refractivity contribution is 8.00. The highest BCUT2D eigenvalue weighted by atomic mass is 32.2. The van der Waals surface area contributed by atoms with Gasteiger partial charge in [0, 0.05) is 5.25 Å². The number of hydrogen-bond donors (Lipinski definition) is 0. The molecule has 1 saturated heterocycles. The van der Waals surface area contributed by atoms with Crippen molar-refractivity contribution in [3.05, 3.63) is 0 Å². The quantitative estimate of drug-likeness (QED) is 0.594. The van der Waals surface area contributed by atoms with E-state index >= 15 is 0 Å². The van der Waals surface area contributed by atoms with Crippen LogP contribution in [0.15, 0.2) is 0 Å². The standard InChI is InChI=1S/C9H18S/c1-4-9(2,3)8-6-5-7-10-8/h8H,4-7H2,1-3H3. The third kappa shape index (κ3) is 1.69. The second kappa shape index (κ2) is 3.17. The SMILES string of the molecule is CCC(C)(C)C1CCCS1. The maximum atomic E-state index is 2.40. The van der Waals surface area contributed by atoms with Crippen LogP contribution in [-0.4, -0.2) is 11.0 Å². The molecule has 1 atom stereocenters. The fourth-order valence-electron chi connectivity index (χ4n) is 1.42. The molecule has 0 amide bonds. The predicted octanol–water partition coefficient (Wildman–Crippen LogP) is 3.32. The fraction of sp³-hybridized carbons (Fsp3) is 1.00. The van der Waals surface area contributed by atoms with Gasteiger partial charge in [0.25, 0.3) is 0 Å². The lowest BCUT2D eigenvalue weighted by Gasteiger charge is -2.29. The normalized spacial score (nSPS) is 27.3. The van der Waals surface area contributed by atoms with Crippen molar-refractivity contribution < 1.29 is 0 Å². The van der Waals surface area contributed by atoms with Gasteiger partial charge in [-0.25, -0.2) is 0 Å². The minimum atomic E-state index is 0.584. The molecule has 1 aliphatic heterocycles. The first-order valence-corrected chi connectivity index (χ1v) is 5.33. The summed E-state index contributed by atoms with van der Waals surface area (Å²) in [5.41, 5.74) is 0.584. The summed E-state index contributed by atoms with van der Waals surface area (Å²) in [6.45, 7) is 7.10. The van der Waals surface area contributed by atoms with E-state index in [0.717, 1.165) is 5.25 Å². The molecule has 60 valence electrons. The van der Waals surface area contributed by atoms with Crippen LogP contribution < -0.4 is 0 Å². The van der Waals surface area contributed by atoms with Crippen LogP contribution >= 0.6 is 11.8 Å². The zero-order valence-electron chi connectivity index (χ0n) is 7.31. The lowest BCUT2D eigenvalue weighted by molar-refractivity contribution is 0.331. The van der Waals surface area contributed by atoms with Gasteiger partial charge < -0.3 is 0 Å². The molecule has 0 aromatic rings. The number of rotatable bonds is 2. The zero-order chi connectivity index (χ0) is 7.61. The van der Waals surface area contributed by atoms with Crippen molar-refractivity contribution in [2.45, 2.75) is 45.3 Å². The molecule has 0 spiro atoms. The summed E-state index contributed by atoms with van der Waals surface area (Å²) in [7, 11) is 0. The summed E-state index contributed by atoms with van der Waals surface area (Å²) in [5, 5.41) is 0.942. The van der Waals surface area contributed by atoms with Crippen LogP contribution in [0.4, 0.5) is 0 Å². The molecule has 1 fully saturated rings. The average Bonchev–Trinajstić information content (AvgIpc) is 2.38. The molecule has 0 saturated carbocycles. The van der Waals surface area contributed by atoms with Gasteiger partial charge in [-0.15, -0.1) is 0 Å². The molecule has 0 aromatic heterocycles. The van der Waals surface area contributed by atoms with Gasteiger partial charge in [-0.2, -0.15) is 11.8 Å². The molecule has 0 N–H and O–H groups in total. The Hall–Kier alpha value is 0.350. The van der Waals surface area contributed by atoms with Gasteiger partial charge >= 0.3 is 0 Å². The van der Waals surface area contributed by atoms with Crippen LogP contribution in [0.2, 0.25) is 0 Å². The molecule has 1 heteroatoms. The van der Waals surface area contributed by atoms with E-state index in [1.807, 2.05) is 0 Å². The topological polar surface area (TPSA) is 0 Å². The average molecular weight is 158 g/mol. The lowest BCUT2D eigenvalue weighted by atomic mass is 9.84. The monoisotopic (exact) mass is 158 g/mol. The Kier molecular flexibility index (Phi) is 2.67. The molecule has 0 nitrogen and oxygen atoms in total. The Labute approximate surface area is 68.8 Å². The summed E-state index contributed by atoms with van der Waals surface area (Å²) in [6.07, 6.45) is 4.22. The molecule has 1 rings (SSSR count). The zero-order valence-corrected chi connectivity index (χ0v) is 8.13. The van der Waals surface area contributed by atoms with Crippen LogP contribution in [0.1, 0.15) is 40.0 Å². The molecule has 1 unspecified atom stereocenters. The van der Waals surface area contributed by atoms with Crippen molar-refractivity contribution in [1.82, 2.24) is 0 Å². The highest BCUT2D eigenvalue weighted by Gasteiger charge is 2.30. The van der Waals surface area contributed by atoms with Gasteiger partial charge in [-0.1, -0.05) is 20.8 Å². The lowest BCUT2D eigenvalue weighted by Crippen LogP contribution is -2.23. The third-order valence-electron chi connectivity index (χ3n) is 2.71. The summed E-state index contributed by atoms with van der Waals surface area (Å²) < 4.78 is 0. The third-order valence-corrected chi connectivity index (χ3v) is 4.51. The molecule has 10 heavy (non-hydrogen) atoms. The Morgan fingerprint density at radius 3 is 2.60 bits per heavy atom. The van der Waals surface area contributed by atoms with E-state index in [1.165, 1.54) is 25.0 Å². The van der Waals surface area contributed by atoms with E-state index in [4.69, 9.17) is 0 Å². The van der Waals surface area contributed by atoms with Crippen molar-refractivity contribution in [3.8, 4) is 0 Å². The molecule has 0 aliphatic carbocycles. The minimum absolute atomic E-state index is 0.584. The molecule has 1 heterocycles. The van der Waals surface area contributed by atoms with E-state index in [9.17, 15) is 0 Å². The summed E-state index contributed by atoms with van der Waals surface area (Å²) in [4.78, 5) is 0. The molecular weight excluding hydrogens is 140 g/mol. The summed E-state index contributed by atoms with van der Waals surface area (Å²) in [5.74, 6) is 1.40. The van der Waals surface area contributed by atoms with Crippen molar-refractivity contribution in [3.63, 3.8) is 0 Å². The van der Waals surface area contributed by atoms with Crippen LogP contribution in [0.5, 0.6) is 0 Å². The first-order chi connectivity index (χ1) is 4.67. The van der Waals surface area contributed by atoms with Crippen LogP contribution in [0.25, 0.3) is 0 Å². The van der Waals surface area contributed by atoms with Gasteiger partial charge in [-0.05, 0) is 30.4 Å². The Morgan fingerprint density at radius 1 is 1.50 bits per heavy atom. The second-order valence-corrected chi connectivity index (χ2v) is 5.15. The van der Waals surface area contributed by atoms with E-state index in [-0.39, 0.29) is 0 Å². The minimum Gasteiger partial charge on any atom is -0.158 e. The van der Waals surface area contributed by atoms with E-state index < -0.39 is 0 Å². The van der Waals surface area contributed by atoms with Gasteiger partial charge in [0.2, 0.25) is 0 Å². The van der Waals surface area contributed by atoms with Crippen molar-refractivity contribution in [1.29, 1.82) is 0 Å². The Morgan fingerprint density at radius 2 is 2.20 bits per heavy atom. The van der Waals surface area contributed by atoms with Gasteiger partial charge in [0.05, 0.1) is 0 Å². The van der Waals surface area contributed by atoms with Crippen molar-refractivity contribution in [2.75, 3.05) is 5.75 Å². The van der Waals surface area contributed by atoms with Gasteiger partial charge in [-0.3, -0.25) is 0 Å². The van der Waals surface area contributed by atoms with Gasteiger partial charge in [0.1, 0.15) is 0 Å². The fourth-order valence-corrected chi connectivity index (χ4v) is 2.99. The first kappa shape index (κ1) is 8.45. The first-order valence-electron chi connectivity index (χ1n) is 4.28. The van der Waals surface area contributed by atoms with Gasteiger partial charge in [0.15, 0.2) is 0 Å². The van der Waals surface area contributed by atoms with E-state index in [1.54, 1.807) is 0 Å². The van der Waals surface area contributed by atoms with E-state index in [2.05, 4.69) is 32.5 Å². The van der Waals surface area contributed by atoms with Crippen molar-refractivity contribution >= 4 is 11.8 Å². The predicted molar refractivity (Wildman–Crippen MR) is 49.6 cm³/mol. The maximum absolute atomic E-state index is 2.40. The Balaban J connectivity index is 2.45. The van der Waals surface area contributed by atoms with Crippen LogP contribution in [0.3, 0.4) is 0 Å². The number of hydrogen-bond acceptors (Lipinski definition) is 1. The second-order valence-electron chi connectivity index (χ2n) is 3.84. The molecular formula is C9H18S. The smallest absolute Gasteiger partial charge is 0.00984 e. The van der Waals surface area contributed by atoms with E-state index in [0.29, 0.717) is 5.41 Å². The molecule has 0 radical (unpaired) electrons. The highest BCUT2D eigenvalue weighted by Crippen LogP contribution is 2.41. The molecule has 0 aromatic carbocycles. The van der Waals surface area contributed by atoms with Crippen LogP contribution in [0, 0.1) is 5.41 Å². The summed E-state index contributed by atoms with van der Waals surface area (Å²) >= 11 is 2.17. The molecule has 0 bridgehead atoms. The molecule has 1 aliphatic rings. The largest absolute Gasteiger partial charge is 0.158 e. The summed E-state index contributed by atoms with van der Waals surface area (Å²) in [6, 6.07) is 0. The number of thioether (sulfide) groups is 1. The van der Waals surface area contributed by atoms with Crippen LogP contribution in [-0.2, 0) is 0 Å². The maximum Gasteiger partial charge on any atom is 0.00984 e. The Bertz CT molecular complexity index is 101. The van der Waals surface area contributed by atoms with Crippen molar-refractivity contribution in [2.24, 2.45) is 5.41 Å².